The second-order valence-corrected chi connectivity index (χ2v) is 9.92. The molecule has 3 saturated carbocycles. The number of hydrogen-bond donors (Lipinski definition) is 1. The van der Waals surface area contributed by atoms with E-state index in [1.807, 2.05) is 26.8 Å². The summed E-state index contributed by atoms with van der Waals surface area (Å²) < 4.78 is 17.7. The normalized spacial score (nSPS) is 36.6. The molecule has 0 amide bonds. The van der Waals surface area contributed by atoms with Crippen molar-refractivity contribution in [2.75, 3.05) is 0 Å². The van der Waals surface area contributed by atoms with Gasteiger partial charge in [-0.1, -0.05) is 26.0 Å². The number of esters is 1. The molecule has 5 nitrogen and oxygen atoms in total. The van der Waals surface area contributed by atoms with Gasteiger partial charge in [0.25, 0.3) is 0 Å². The third kappa shape index (κ3) is 3.74. The third-order valence-corrected chi connectivity index (χ3v) is 6.48. The van der Waals surface area contributed by atoms with E-state index in [0.717, 1.165) is 12.3 Å². The minimum absolute atomic E-state index is 0.0432. The van der Waals surface area contributed by atoms with Gasteiger partial charge in [0.1, 0.15) is 5.60 Å². The molecular weight excluding hydrogens is 331 g/mol. The fourth-order valence-electron chi connectivity index (χ4n) is 5.02. The highest BCUT2D eigenvalue weighted by Crippen LogP contribution is 2.65. The minimum atomic E-state index is -0.851. The van der Waals surface area contributed by atoms with Crippen LogP contribution >= 0.6 is 0 Å². The van der Waals surface area contributed by atoms with Crippen LogP contribution in [0.5, 0.6) is 0 Å². The number of aliphatic hydroxyl groups is 1. The van der Waals surface area contributed by atoms with Crippen LogP contribution in [-0.2, 0) is 18.8 Å². The number of carbonyl (C=O) groups excluding carboxylic acids is 1. The Hall–Kier alpha value is -0.845. The van der Waals surface area contributed by atoms with Crippen molar-refractivity contribution in [3.05, 3.63) is 12.2 Å². The molecular formula is C20H33BO5. The van der Waals surface area contributed by atoms with Crippen molar-refractivity contribution >= 4 is 13.1 Å². The van der Waals surface area contributed by atoms with E-state index in [-0.39, 0.29) is 25.2 Å². The lowest BCUT2D eigenvalue weighted by Gasteiger charge is -2.64. The Morgan fingerprint density at radius 3 is 2.65 bits per heavy atom. The SMILES string of the molecule is CC(C)(C)OC(=O)CC(O)/C=C\CB1O[C@@H]2C[C@@H]3C[C@@H](C3(C)C)[C@]2(C)O1. The van der Waals surface area contributed by atoms with Gasteiger partial charge in [0.2, 0.25) is 0 Å². The molecule has 0 radical (unpaired) electrons. The molecule has 1 unspecified atom stereocenters. The van der Waals surface area contributed by atoms with Crippen molar-refractivity contribution in [2.45, 2.75) is 90.5 Å². The van der Waals surface area contributed by atoms with E-state index < -0.39 is 17.7 Å². The molecule has 6 heteroatoms. The van der Waals surface area contributed by atoms with Gasteiger partial charge in [0, 0.05) is 6.32 Å². The Morgan fingerprint density at radius 1 is 1.35 bits per heavy atom. The van der Waals surface area contributed by atoms with Crippen molar-refractivity contribution in [1.29, 1.82) is 0 Å². The number of hydrogen-bond acceptors (Lipinski definition) is 5. The molecule has 2 bridgehead atoms. The molecule has 4 fully saturated rings. The van der Waals surface area contributed by atoms with E-state index in [4.69, 9.17) is 14.0 Å². The molecule has 1 N–H and O–H groups in total. The first-order valence-corrected chi connectivity index (χ1v) is 9.81. The summed E-state index contributed by atoms with van der Waals surface area (Å²) in [6.07, 6.45) is 5.64. The zero-order valence-corrected chi connectivity index (χ0v) is 17.0. The van der Waals surface area contributed by atoms with Crippen LogP contribution in [0.3, 0.4) is 0 Å². The standard InChI is InChI=1S/C20H33BO5/c1-18(2,3)24-17(23)12-14(22)8-7-9-21-25-16-11-13-10-15(19(13,4)5)20(16,6)26-21/h7-8,13-16,22H,9-12H2,1-6H3/b8-7-/t13-,14?,15-,16+,20-/m0/s1. The van der Waals surface area contributed by atoms with Gasteiger partial charge in [0.05, 0.1) is 24.2 Å². The topological polar surface area (TPSA) is 65.0 Å². The molecule has 1 aliphatic heterocycles. The summed E-state index contributed by atoms with van der Waals surface area (Å²) in [5.74, 6) is 0.883. The van der Waals surface area contributed by atoms with Crippen LogP contribution in [-0.4, -0.2) is 41.6 Å². The highest BCUT2D eigenvalue weighted by atomic mass is 16.7. The lowest BCUT2D eigenvalue weighted by molar-refractivity contribution is -0.199. The zero-order chi connectivity index (χ0) is 19.3. The number of carbonyl (C=O) groups is 1. The second-order valence-electron chi connectivity index (χ2n) is 9.92. The Kier molecular flexibility index (Phi) is 5.09. The first kappa shape index (κ1) is 19.9. The lowest BCUT2D eigenvalue weighted by Crippen LogP contribution is -2.65. The number of aliphatic hydroxyl groups excluding tert-OH is 1. The minimum Gasteiger partial charge on any atom is -0.460 e. The van der Waals surface area contributed by atoms with Crippen LogP contribution < -0.4 is 0 Å². The van der Waals surface area contributed by atoms with Gasteiger partial charge < -0.3 is 19.2 Å². The first-order chi connectivity index (χ1) is 11.9. The highest BCUT2D eigenvalue weighted by molar-refractivity contribution is 6.46. The molecule has 3 aliphatic carbocycles. The van der Waals surface area contributed by atoms with Gasteiger partial charge in [-0.2, -0.15) is 0 Å². The van der Waals surface area contributed by atoms with E-state index in [1.54, 1.807) is 6.08 Å². The molecule has 0 spiro atoms. The largest absolute Gasteiger partial charge is 0.461 e. The van der Waals surface area contributed by atoms with E-state index in [0.29, 0.717) is 17.7 Å². The molecule has 146 valence electrons. The Bertz CT molecular complexity index is 581. The molecule has 5 atom stereocenters. The van der Waals surface area contributed by atoms with E-state index >= 15 is 0 Å². The molecule has 26 heavy (non-hydrogen) atoms. The van der Waals surface area contributed by atoms with Crippen LogP contribution in [0.1, 0.15) is 60.8 Å². The smallest absolute Gasteiger partial charge is 0.460 e. The fraction of sp³-hybridized carbons (Fsp3) is 0.850. The lowest BCUT2D eigenvalue weighted by atomic mass is 9.43. The van der Waals surface area contributed by atoms with Gasteiger partial charge in [-0.15, -0.1) is 0 Å². The summed E-state index contributed by atoms with van der Waals surface area (Å²) in [6, 6.07) is 0. The summed E-state index contributed by atoms with van der Waals surface area (Å²) in [6.45, 7) is 12.3. The molecule has 0 aromatic carbocycles. The van der Waals surface area contributed by atoms with Crippen molar-refractivity contribution in [3.63, 3.8) is 0 Å². The molecule has 1 heterocycles. The molecule has 1 saturated heterocycles. The predicted molar refractivity (Wildman–Crippen MR) is 101 cm³/mol. The average Bonchev–Trinajstić information content (AvgIpc) is 2.80. The summed E-state index contributed by atoms with van der Waals surface area (Å²) in [7, 11) is -0.273. The maximum absolute atomic E-state index is 11.7. The molecule has 4 aliphatic rings. The van der Waals surface area contributed by atoms with Crippen LogP contribution in [0.15, 0.2) is 12.2 Å². The van der Waals surface area contributed by atoms with E-state index in [9.17, 15) is 9.90 Å². The number of allylic oxidation sites excluding steroid dienone is 1. The van der Waals surface area contributed by atoms with Crippen molar-refractivity contribution in [2.24, 2.45) is 17.3 Å². The third-order valence-electron chi connectivity index (χ3n) is 6.48. The quantitative estimate of drug-likeness (QED) is 0.460. The monoisotopic (exact) mass is 364 g/mol. The fourth-order valence-corrected chi connectivity index (χ4v) is 5.02. The molecule has 0 aromatic rings. The van der Waals surface area contributed by atoms with E-state index in [2.05, 4.69) is 20.8 Å². The van der Waals surface area contributed by atoms with Gasteiger partial charge in [-0.25, -0.2) is 0 Å². The summed E-state index contributed by atoms with van der Waals surface area (Å²) in [5.41, 5.74) is -0.402. The zero-order valence-electron chi connectivity index (χ0n) is 17.0. The van der Waals surface area contributed by atoms with Gasteiger partial charge in [-0.3, -0.25) is 4.79 Å². The van der Waals surface area contributed by atoms with E-state index in [1.165, 1.54) is 6.42 Å². The summed E-state index contributed by atoms with van der Waals surface area (Å²) in [4.78, 5) is 11.7. The number of rotatable bonds is 5. The van der Waals surface area contributed by atoms with Crippen molar-refractivity contribution < 1.29 is 23.9 Å². The summed E-state index contributed by atoms with van der Waals surface area (Å²) in [5, 5.41) is 10.00. The highest BCUT2D eigenvalue weighted by Gasteiger charge is 2.67. The van der Waals surface area contributed by atoms with Gasteiger partial charge in [-0.05, 0) is 57.8 Å². The molecule has 0 aromatic heterocycles. The van der Waals surface area contributed by atoms with Crippen molar-refractivity contribution in [3.8, 4) is 0 Å². The maximum Gasteiger partial charge on any atom is 0.461 e. The van der Waals surface area contributed by atoms with Crippen LogP contribution in [0.4, 0.5) is 0 Å². The Morgan fingerprint density at radius 2 is 2.04 bits per heavy atom. The van der Waals surface area contributed by atoms with Crippen LogP contribution in [0, 0.1) is 17.3 Å². The maximum atomic E-state index is 11.7. The van der Waals surface area contributed by atoms with Crippen LogP contribution in [0.25, 0.3) is 0 Å². The van der Waals surface area contributed by atoms with Gasteiger partial charge >= 0.3 is 13.1 Å². The second kappa shape index (κ2) is 6.64. The van der Waals surface area contributed by atoms with Gasteiger partial charge in [0.15, 0.2) is 0 Å². The first-order valence-electron chi connectivity index (χ1n) is 9.81. The van der Waals surface area contributed by atoms with Crippen molar-refractivity contribution in [1.82, 2.24) is 0 Å². The van der Waals surface area contributed by atoms with Crippen LogP contribution in [0.2, 0.25) is 6.32 Å². The number of ether oxygens (including phenoxy) is 1. The Balaban J connectivity index is 1.48. The Labute approximate surface area is 157 Å². The predicted octanol–water partition coefficient (Wildman–Crippen LogP) is 3.36. The molecule has 4 rings (SSSR count). The average molecular weight is 364 g/mol. The summed E-state index contributed by atoms with van der Waals surface area (Å²) >= 11 is 0.